The molecular weight excluding hydrogens is 370 g/mol. The largest absolute Gasteiger partial charge is 0.297 e. The van der Waals surface area contributed by atoms with Crippen molar-refractivity contribution < 1.29 is 4.79 Å². The van der Waals surface area contributed by atoms with Gasteiger partial charge in [-0.2, -0.15) is 0 Å². The molecule has 0 aromatic heterocycles. The van der Waals surface area contributed by atoms with Crippen molar-refractivity contribution in [1.82, 2.24) is 9.80 Å². The van der Waals surface area contributed by atoms with E-state index < -0.39 is 0 Å². The zero-order valence-corrected chi connectivity index (χ0v) is 16.6. The van der Waals surface area contributed by atoms with Gasteiger partial charge in [-0.15, -0.1) is 6.42 Å². The van der Waals surface area contributed by atoms with Crippen LogP contribution in [0.25, 0.3) is 0 Å². The predicted molar refractivity (Wildman–Crippen MR) is 113 cm³/mol. The molecule has 0 N–H and O–H groups in total. The van der Waals surface area contributed by atoms with E-state index in [9.17, 15) is 4.79 Å². The second kappa shape index (κ2) is 8.36. The van der Waals surface area contributed by atoms with Gasteiger partial charge in [-0.25, -0.2) is 0 Å². The van der Waals surface area contributed by atoms with Gasteiger partial charge in [0.05, 0.1) is 6.54 Å². The van der Waals surface area contributed by atoms with Crippen LogP contribution in [0.5, 0.6) is 0 Å². The molecule has 4 nitrogen and oxygen atoms in total. The topological polar surface area (TPSA) is 26.8 Å². The van der Waals surface area contributed by atoms with Gasteiger partial charge < -0.3 is 0 Å². The Labute approximate surface area is 171 Å². The van der Waals surface area contributed by atoms with Gasteiger partial charge in [0, 0.05) is 49.9 Å². The van der Waals surface area contributed by atoms with Crippen molar-refractivity contribution in [2.75, 3.05) is 37.6 Å². The number of hydrogen-bond acceptors (Lipinski definition) is 3. The fraction of sp³-hybridized carbons (Fsp3) is 0.348. The van der Waals surface area contributed by atoms with Crippen LogP contribution in [-0.4, -0.2) is 54.5 Å². The number of para-hydroxylation sites is 1. The van der Waals surface area contributed by atoms with Crippen LogP contribution < -0.4 is 4.90 Å². The lowest BCUT2D eigenvalue weighted by Gasteiger charge is -2.35. The van der Waals surface area contributed by atoms with Crippen molar-refractivity contribution in [3.8, 4) is 12.3 Å². The first-order valence-corrected chi connectivity index (χ1v) is 10.1. The minimum Gasteiger partial charge on any atom is -0.297 e. The average molecular weight is 394 g/mol. The molecule has 0 saturated carbocycles. The summed E-state index contributed by atoms with van der Waals surface area (Å²) in [6, 6.07) is 15.9. The van der Waals surface area contributed by atoms with Crippen LogP contribution in [0.3, 0.4) is 0 Å². The Morgan fingerprint density at radius 1 is 1.04 bits per heavy atom. The molecule has 144 valence electrons. The van der Waals surface area contributed by atoms with Crippen LogP contribution in [0.15, 0.2) is 48.5 Å². The van der Waals surface area contributed by atoms with Crippen molar-refractivity contribution in [3.05, 3.63) is 64.7 Å². The van der Waals surface area contributed by atoms with Crippen molar-refractivity contribution >= 4 is 23.2 Å². The van der Waals surface area contributed by atoms with E-state index in [0.717, 1.165) is 55.4 Å². The molecule has 0 bridgehead atoms. The highest BCUT2D eigenvalue weighted by Crippen LogP contribution is 2.31. The van der Waals surface area contributed by atoms with E-state index in [1.807, 2.05) is 35.2 Å². The van der Waals surface area contributed by atoms with Crippen LogP contribution >= 0.6 is 11.6 Å². The van der Waals surface area contributed by atoms with Gasteiger partial charge in [0.25, 0.3) is 0 Å². The summed E-state index contributed by atoms with van der Waals surface area (Å²) in [7, 11) is 0. The lowest BCUT2D eigenvalue weighted by atomic mass is 10.1. The number of carbonyl (C=O) groups is 1. The molecule has 1 fully saturated rings. The summed E-state index contributed by atoms with van der Waals surface area (Å²) in [5.41, 5.74) is 3.39. The number of rotatable bonds is 4. The molecule has 2 aliphatic rings. The summed E-state index contributed by atoms with van der Waals surface area (Å²) in [6.07, 6.45) is 6.45. The van der Waals surface area contributed by atoms with Crippen molar-refractivity contribution in [2.45, 2.75) is 19.0 Å². The summed E-state index contributed by atoms with van der Waals surface area (Å²) in [4.78, 5) is 19.5. The number of halogens is 1. The van der Waals surface area contributed by atoms with Crippen molar-refractivity contribution in [3.63, 3.8) is 0 Å². The van der Waals surface area contributed by atoms with Crippen LogP contribution in [0.2, 0.25) is 5.02 Å². The number of terminal acetylenes is 1. The number of anilines is 1. The maximum atomic E-state index is 13.0. The van der Waals surface area contributed by atoms with Crippen LogP contribution in [0.1, 0.15) is 11.1 Å². The van der Waals surface area contributed by atoms with Gasteiger partial charge in [0.15, 0.2) is 0 Å². The molecule has 0 unspecified atom stereocenters. The number of benzene rings is 2. The molecule has 28 heavy (non-hydrogen) atoms. The molecule has 1 saturated heterocycles. The predicted octanol–water partition coefficient (Wildman–Crippen LogP) is 3.05. The quantitative estimate of drug-likeness (QED) is 0.747. The number of hydrogen-bond donors (Lipinski definition) is 0. The summed E-state index contributed by atoms with van der Waals surface area (Å²) in [5, 5.41) is 0.765. The lowest BCUT2D eigenvalue weighted by molar-refractivity contribution is -0.120. The Bertz CT molecular complexity index is 881. The van der Waals surface area contributed by atoms with Gasteiger partial charge in [-0.1, -0.05) is 47.9 Å². The van der Waals surface area contributed by atoms with E-state index in [1.54, 1.807) is 0 Å². The highest BCUT2D eigenvalue weighted by molar-refractivity contribution is 6.30. The normalized spacial score (nSPS) is 20.0. The molecule has 4 rings (SSSR count). The van der Waals surface area contributed by atoms with E-state index in [0.29, 0.717) is 6.54 Å². The fourth-order valence-electron chi connectivity index (χ4n) is 4.05. The average Bonchev–Trinajstić information content (AvgIpc) is 3.10. The van der Waals surface area contributed by atoms with Gasteiger partial charge in [0.2, 0.25) is 5.91 Å². The Morgan fingerprint density at radius 3 is 2.43 bits per heavy atom. The van der Waals surface area contributed by atoms with E-state index in [-0.39, 0.29) is 11.9 Å². The summed E-state index contributed by atoms with van der Waals surface area (Å²) >= 11 is 5.96. The lowest BCUT2D eigenvalue weighted by Crippen LogP contribution is -2.50. The van der Waals surface area contributed by atoms with Crippen molar-refractivity contribution in [2.24, 2.45) is 0 Å². The summed E-state index contributed by atoms with van der Waals surface area (Å²) < 4.78 is 0. The monoisotopic (exact) mass is 393 g/mol. The van der Waals surface area contributed by atoms with E-state index in [2.05, 4.69) is 33.9 Å². The number of piperazine rings is 1. The molecule has 1 amide bonds. The molecule has 2 aromatic rings. The number of carbonyl (C=O) groups excluding carboxylic acids is 1. The minimum absolute atomic E-state index is 0.0963. The summed E-state index contributed by atoms with van der Waals surface area (Å²) in [6.45, 7) is 5.00. The highest BCUT2D eigenvalue weighted by Gasteiger charge is 2.33. The molecule has 1 atom stereocenters. The van der Waals surface area contributed by atoms with Crippen LogP contribution in [0.4, 0.5) is 5.69 Å². The van der Waals surface area contributed by atoms with Crippen LogP contribution in [-0.2, 0) is 17.8 Å². The number of amides is 1. The third-order valence-electron chi connectivity index (χ3n) is 5.58. The Balaban J connectivity index is 1.33. The smallest absolute Gasteiger partial charge is 0.242 e. The first-order chi connectivity index (χ1) is 13.6. The summed E-state index contributed by atoms with van der Waals surface area (Å²) in [5.74, 6) is 2.88. The molecule has 0 aliphatic carbocycles. The third kappa shape index (κ3) is 4.07. The molecule has 2 aromatic carbocycles. The minimum atomic E-state index is -0.170. The SMILES string of the molecule is C#C[C@@H]1Cc2ccccc2N1C(=O)CN1CCN(Cc2ccc(Cl)cc2)CC1. The van der Waals surface area contributed by atoms with E-state index in [4.69, 9.17) is 18.0 Å². The van der Waals surface area contributed by atoms with Crippen LogP contribution in [0, 0.1) is 12.3 Å². The molecule has 0 radical (unpaired) electrons. The van der Waals surface area contributed by atoms with E-state index in [1.165, 1.54) is 5.56 Å². The first kappa shape index (κ1) is 19.0. The Kier molecular flexibility index (Phi) is 5.68. The van der Waals surface area contributed by atoms with Gasteiger partial charge in [-0.05, 0) is 29.3 Å². The fourth-order valence-corrected chi connectivity index (χ4v) is 4.17. The standard InChI is InChI=1S/C23H24ClN3O/c1-2-21-15-19-5-3-4-6-22(19)27(21)23(28)17-26-13-11-25(12-14-26)16-18-7-9-20(24)10-8-18/h1,3-10,21H,11-17H2/t21-/m1/s1. The zero-order valence-electron chi connectivity index (χ0n) is 15.9. The molecule has 2 aliphatic heterocycles. The highest BCUT2D eigenvalue weighted by atomic mass is 35.5. The number of fused-ring (bicyclic) bond motifs is 1. The molecule has 2 heterocycles. The van der Waals surface area contributed by atoms with Gasteiger partial charge >= 0.3 is 0 Å². The molecular formula is C23H24ClN3O. The first-order valence-electron chi connectivity index (χ1n) is 9.69. The Morgan fingerprint density at radius 2 is 1.71 bits per heavy atom. The maximum absolute atomic E-state index is 13.0. The van der Waals surface area contributed by atoms with Gasteiger partial charge in [0.1, 0.15) is 6.04 Å². The second-order valence-electron chi connectivity index (χ2n) is 7.46. The zero-order chi connectivity index (χ0) is 19.5. The van der Waals surface area contributed by atoms with Crippen molar-refractivity contribution in [1.29, 1.82) is 0 Å². The van der Waals surface area contributed by atoms with Gasteiger partial charge in [-0.3, -0.25) is 19.5 Å². The number of nitrogens with zero attached hydrogens (tertiary/aromatic N) is 3. The molecule has 0 spiro atoms. The maximum Gasteiger partial charge on any atom is 0.242 e. The third-order valence-corrected chi connectivity index (χ3v) is 5.83. The van der Waals surface area contributed by atoms with E-state index >= 15 is 0 Å². The molecule has 5 heteroatoms. The Hall–Kier alpha value is -2.32. The second-order valence-corrected chi connectivity index (χ2v) is 7.89.